The third-order valence-electron chi connectivity index (χ3n) is 4.17. The molecule has 0 radical (unpaired) electrons. The van der Waals surface area contributed by atoms with Crippen LogP contribution in [0.1, 0.15) is 46.1 Å². The molecule has 0 spiro atoms. The van der Waals surface area contributed by atoms with Crippen molar-refractivity contribution in [3.8, 4) is 0 Å². The summed E-state index contributed by atoms with van der Waals surface area (Å²) in [5, 5.41) is 8.23. The van der Waals surface area contributed by atoms with Gasteiger partial charge in [0.15, 0.2) is 10.2 Å². The predicted octanol–water partition coefficient (Wildman–Crippen LogP) is 4.49. The minimum absolute atomic E-state index is 0.361. The first-order valence-electron chi connectivity index (χ1n) is 8.27. The predicted molar refractivity (Wildman–Crippen MR) is 108 cm³/mol. The van der Waals surface area contributed by atoms with Gasteiger partial charge in [-0.25, -0.2) is 9.78 Å². The Kier molecular flexibility index (Phi) is 5.71. The number of thiazole rings is 1. The zero-order valence-electron chi connectivity index (χ0n) is 14.5. The summed E-state index contributed by atoms with van der Waals surface area (Å²) in [4.78, 5) is 19.0. The molecule has 1 aliphatic carbocycles. The number of anilines is 2. The molecule has 2 aromatic heterocycles. The van der Waals surface area contributed by atoms with Crippen LogP contribution in [0.2, 0.25) is 0 Å². The lowest BCUT2D eigenvalue weighted by atomic mass is 9.93. The Bertz CT molecular complexity index is 797. The number of hydrogen-bond acceptors (Lipinski definition) is 6. The molecule has 0 fully saturated rings. The number of hydrogen-bond donors (Lipinski definition) is 2. The Balaban J connectivity index is 1.71. The maximum absolute atomic E-state index is 11.9. The van der Waals surface area contributed by atoms with E-state index in [1.165, 1.54) is 35.4 Å². The molecule has 8 heteroatoms. The van der Waals surface area contributed by atoms with Crippen LogP contribution in [0.25, 0.3) is 0 Å². The summed E-state index contributed by atoms with van der Waals surface area (Å²) in [6, 6.07) is 1.85. The van der Waals surface area contributed by atoms with E-state index in [2.05, 4.69) is 22.5 Å². The second-order valence-corrected chi connectivity index (χ2v) is 8.75. The Morgan fingerprint density at radius 1 is 1.44 bits per heavy atom. The molecule has 1 aliphatic rings. The van der Waals surface area contributed by atoms with Gasteiger partial charge in [-0.05, 0) is 49.9 Å². The number of esters is 1. The molecule has 0 bridgehead atoms. The molecule has 134 valence electrons. The highest BCUT2D eigenvalue weighted by molar-refractivity contribution is 7.80. The van der Waals surface area contributed by atoms with Crippen LogP contribution in [0.3, 0.4) is 0 Å². The molecule has 5 nitrogen and oxygen atoms in total. The Morgan fingerprint density at radius 2 is 2.24 bits per heavy atom. The van der Waals surface area contributed by atoms with Gasteiger partial charge in [-0.1, -0.05) is 13.8 Å². The molecular weight excluding hydrogens is 374 g/mol. The van der Waals surface area contributed by atoms with Crippen LogP contribution < -0.4 is 10.6 Å². The summed E-state index contributed by atoms with van der Waals surface area (Å²) < 4.78 is 4.85. The fraction of sp³-hybridized carbons (Fsp3) is 0.471. The molecule has 0 unspecified atom stereocenters. The summed E-state index contributed by atoms with van der Waals surface area (Å²) >= 11 is 8.59. The van der Waals surface area contributed by atoms with E-state index in [1.54, 1.807) is 11.3 Å². The molecule has 2 heterocycles. The molecule has 25 heavy (non-hydrogen) atoms. The van der Waals surface area contributed by atoms with Crippen molar-refractivity contribution in [3.05, 3.63) is 27.1 Å². The number of thiophene rings is 1. The number of nitrogens with zero attached hydrogens (tertiary/aromatic N) is 1. The van der Waals surface area contributed by atoms with E-state index in [0.29, 0.717) is 21.6 Å². The third kappa shape index (κ3) is 4.19. The second-order valence-electron chi connectivity index (χ2n) is 6.12. The van der Waals surface area contributed by atoms with Crippen LogP contribution in [0.4, 0.5) is 10.1 Å². The maximum Gasteiger partial charge on any atom is 0.340 e. The number of aryl methyl sites for hydroxylation is 2. The van der Waals surface area contributed by atoms with E-state index in [-0.39, 0.29) is 5.97 Å². The average Bonchev–Trinajstić information content (AvgIpc) is 3.16. The highest BCUT2D eigenvalue weighted by Crippen LogP contribution is 2.33. The summed E-state index contributed by atoms with van der Waals surface area (Å²) in [6.45, 7) is 4.33. The highest BCUT2D eigenvalue weighted by Gasteiger charge is 2.21. The lowest BCUT2D eigenvalue weighted by Crippen LogP contribution is -2.19. The van der Waals surface area contributed by atoms with Gasteiger partial charge >= 0.3 is 5.97 Å². The number of nitrogens with one attached hydrogen (secondary N) is 2. The smallest absolute Gasteiger partial charge is 0.340 e. The molecule has 0 aliphatic heterocycles. The lowest BCUT2D eigenvalue weighted by molar-refractivity contribution is 0.0602. The van der Waals surface area contributed by atoms with Crippen LogP contribution >= 0.6 is 34.9 Å². The number of carbonyl (C=O) groups excluding carboxylic acids is 1. The number of carbonyl (C=O) groups is 1. The van der Waals surface area contributed by atoms with Crippen molar-refractivity contribution in [1.82, 2.24) is 4.98 Å². The van der Waals surface area contributed by atoms with Gasteiger partial charge < -0.3 is 15.4 Å². The monoisotopic (exact) mass is 395 g/mol. The quantitative estimate of drug-likeness (QED) is 0.588. The van der Waals surface area contributed by atoms with Crippen molar-refractivity contribution in [2.24, 2.45) is 5.92 Å². The van der Waals surface area contributed by atoms with Gasteiger partial charge in [0, 0.05) is 9.75 Å². The molecule has 0 saturated heterocycles. The normalized spacial score (nSPS) is 16.2. The second kappa shape index (κ2) is 7.80. The lowest BCUT2D eigenvalue weighted by Gasteiger charge is -2.15. The van der Waals surface area contributed by atoms with E-state index in [9.17, 15) is 4.79 Å². The first-order valence-corrected chi connectivity index (χ1v) is 10.3. The summed E-state index contributed by atoms with van der Waals surface area (Å²) in [7, 11) is 1.38. The van der Waals surface area contributed by atoms with Gasteiger partial charge in [-0.2, -0.15) is 0 Å². The van der Waals surface area contributed by atoms with Crippen LogP contribution in [0.15, 0.2) is 6.07 Å². The number of aromatic nitrogens is 1. The van der Waals surface area contributed by atoms with Crippen LogP contribution in [-0.4, -0.2) is 23.2 Å². The molecule has 1 atom stereocenters. The number of fused-ring (bicyclic) bond motifs is 1. The summed E-state index contributed by atoms with van der Waals surface area (Å²) in [5.41, 5.74) is 1.70. The first-order chi connectivity index (χ1) is 12.0. The Labute approximate surface area is 160 Å². The molecule has 2 aromatic rings. The van der Waals surface area contributed by atoms with Crippen molar-refractivity contribution in [3.63, 3.8) is 0 Å². The fourth-order valence-electron chi connectivity index (χ4n) is 2.80. The minimum Gasteiger partial charge on any atom is -0.465 e. The SMILES string of the molecule is CCc1cc(C(=O)OC)c(NC(=S)Nc2nc3c(s2)C[C@@H](C)CC3)s1. The van der Waals surface area contributed by atoms with E-state index in [1.807, 2.05) is 13.0 Å². The van der Waals surface area contributed by atoms with Crippen molar-refractivity contribution in [2.45, 2.75) is 39.5 Å². The van der Waals surface area contributed by atoms with Gasteiger partial charge in [-0.15, -0.1) is 22.7 Å². The zero-order chi connectivity index (χ0) is 18.0. The minimum atomic E-state index is -0.361. The molecule has 0 amide bonds. The molecule has 3 rings (SSSR count). The maximum atomic E-state index is 11.9. The number of rotatable bonds is 4. The third-order valence-corrected chi connectivity index (χ3v) is 6.60. The van der Waals surface area contributed by atoms with Crippen molar-refractivity contribution in [2.75, 3.05) is 17.7 Å². The van der Waals surface area contributed by atoms with E-state index in [4.69, 9.17) is 17.0 Å². The van der Waals surface area contributed by atoms with Gasteiger partial charge in [0.25, 0.3) is 0 Å². The number of methoxy groups -OCH3 is 1. The van der Waals surface area contributed by atoms with E-state index >= 15 is 0 Å². The Morgan fingerprint density at radius 3 is 2.96 bits per heavy atom. The van der Waals surface area contributed by atoms with Crippen LogP contribution in [0, 0.1) is 5.92 Å². The summed E-state index contributed by atoms with van der Waals surface area (Å²) in [5.74, 6) is 0.354. The van der Waals surface area contributed by atoms with Gasteiger partial charge in [0.05, 0.1) is 18.4 Å². The highest BCUT2D eigenvalue weighted by atomic mass is 32.1. The topological polar surface area (TPSA) is 63.2 Å². The standard InChI is InChI=1S/C17H21N3O2S3/c1-4-10-8-11(15(21)22-3)14(24-10)19-16(23)20-17-18-12-6-5-9(2)7-13(12)25-17/h8-9H,4-7H2,1-3H3,(H2,18,19,20,23)/t9-/m0/s1. The fourth-order valence-corrected chi connectivity index (χ4v) is 5.29. The zero-order valence-corrected chi connectivity index (χ0v) is 16.9. The molecule has 0 saturated carbocycles. The van der Waals surface area contributed by atoms with Gasteiger partial charge in [0.2, 0.25) is 0 Å². The van der Waals surface area contributed by atoms with Gasteiger partial charge in [-0.3, -0.25) is 0 Å². The van der Waals surface area contributed by atoms with Crippen LogP contribution in [0.5, 0.6) is 0 Å². The van der Waals surface area contributed by atoms with Crippen LogP contribution in [-0.2, 0) is 24.0 Å². The van der Waals surface area contributed by atoms with Crippen molar-refractivity contribution < 1.29 is 9.53 Å². The average molecular weight is 396 g/mol. The van der Waals surface area contributed by atoms with E-state index in [0.717, 1.165) is 29.3 Å². The summed E-state index contributed by atoms with van der Waals surface area (Å²) in [6.07, 6.45) is 4.17. The van der Waals surface area contributed by atoms with Crippen molar-refractivity contribution >= 4 is 56.1 Å². The first kappa shape index (κ1) is 18.3. The van der Waals surface area contributed by atoms with E-state index < -0.39 is 0 Å². The molecule has 0 aromatic carbocycles. The van der Waals surface area contributed by atoms with Gasteiger partial charge in [0.1, 0.15) is 5.00 Å². The Hall–Kier alpha value is -1.51. The molecule has 2 N–H and O–H groups in total. The molecular formula is C17H21N3O2S3. The number of ether oxygens (including phenoxy) is 1. The number of thiocarbonyl (C=S) groups is 1. The largest absolute Gasteiger partial charge is 0.465 e. The van der Waals surface area contributed by atoms with Crippen molar-refractivity contribution in [1.29, 1.82) is 0 Å².